The van der Waals surface area contributed by atoms with Crippen molar-refractivity contribution in [3.05, 3.63) is 30.3 Å². The van der Waals surface area contributed by atoms with Crippen molar-refractivity contribution in [2.75, 3.05) is 12.8 Å². The van der Waals surface area contributed by atoms with E-state index in [1.807, 2.05) is 37.4 Å². The summed E-state index contributed by atoms with van der Waals surface area (Å²) in [6, 6.07) is 10.2. The molecule has 0 spiro atoms. The Bertz CT molecular complexity index is 360. The van der Waals surface area contributed by atoms with Gasteiger partial charge >= 0.3 is 0 Å². The maximum absolute atomic E-state index is 12.2. The Morgan fingerprint density at radius 2 is 1.94 bits per heavy atom. The summed E-state index contributed by atoms with van der Waals surface area (Å²) in [6.45, 7) is 0. The average Bonchev–Trinajstić information content (AvgIpc) is 2.90. The predicted molar refractivity (Wildman–Crippen MR) is 72.5 cm³/mol. The quantitative estimate of drug-likeness (QED) is 0.871. The highest BCUT2D eigenvalue weighted by Gasteiger charge is 2.25. The van der Waals surface area contributed by atoms with Crippen molar-refractivity contribution in [2.24, 2.45) is 5.92 Å². The van der Waals surface area contributed by atoms with Crippen LogP contribution in [0.15, 0.2) is 35.2 Å². The van der Waals surface area contributed by atoms with Gasteiger partial charge in [-0.15, -0.1) is 0 Å². The zero-order valence-corrected chi connectivity index (χ0v) is 11.2. The van der Waals surface area contributed by atoms with Gasteiger partial charge < -0.3 is 5.32 Å². The summed E-state index contributed by atoms with van der Waals surface area (Å²) in [5.41, 5.74) is 0. The van der Waals surface area contributed by atoms with Crippen LogP contribution in [0, 0.1) is 5.92 Å². The van der Waals surface area contributed by atoms with Gasteiger partial charge in [0.05, 0.1) is 10.8 Å². The van der Waals surface area contributed by atoms with Crippen LogP contribution in [0.25, 0.3) is 0 Å². The minimum Gasteiger partial charge on any atom is -0.316 e. The summed E-state index contributed by atoms with van der Waals surface area (Å²) < 4.78 is 12.2. The lowest BCUT2D eigenvalue weighted by atomic mass is 10.0. The van der Waals surface area contributed by atoms with Crippen LogP contribution >= 0.6 is 0 Å². The van der Waals surface area contributed by atoms with E-state index in [0.717, 1.165) is 10.6 Å². The third kappa shape index (κ3) is 3.39. The largest absolute Gasteiger partial charge is 0.316 e. The van der Waals surface area contributed by atoms with Gasteiger partial charge in [0, 0.05) is 16.7 Å². The second-order valence-electron chi connectivity index (χ2n) is 4.76. The first-order valence-corrected chi connectivity index (χ1v) is 7.74. The molecule has 0 aromatic heterocycles. The third-order valence-corrected chi connectivity index (χ3v) is 5.14. The van der Waals surface area contributed by atoms with E-state index >= 15 is 0 Å². The number of nitrogens with one attached hydrogen (secondary N) is 1. The molecule has 0 heterocycles. The second kappa shape index (κ2) is 6.31. The molecule has 1 N–H and O–H groups in total. The lowest BCUT2D eigenvalue weighted by molar-refractivity contribution is 0.408. The maximum atomic E-state index is 12.2. The lowest BCUT2D eigenvalue weighted by Crippen LogP contribution is -2.37. The van der Waals surface area contributed by atoms with E-state index in [1.165, 1.54) is 25.7 Å². The zero-order valence-electron chi connectivity index (χ0n) is 10.4. The van der Waals surface area contributed by atoms with Gasteiger partial charge in [0.1, 0.15) is 0 Å². The molecule has 2 rings (SSSR count). The van der Waals surface area contributed by atoms with E-state index < -0.39 is 10.8 Å². The molecule has 1 fully saturated rings. The fourth-order valence-electron chi connectivity index (χ4n) is 2.65. The molecule has 2 nitrogen and oxygen atoms in total. The van der Waals surface area contributed by atoms with Crippen LogP contribution in [0.1, 0.15) is 25.7 Å². The minimum atomic E-state index is -0.872. The molecule has 1 aliphatic rings. The number of benzene rings is 1. The van der Waals surface area contributed by atoms with Crippen molar-refractivity contribution in [3.8, 4) is 0 Å². The highest BCUT2D eigenvalue weighted by atomic mass is 32.2. The number of hydrogen-bond acceptors (Lipinski definition) is 2. The van der Waals surface area contributed by atoms with Gasteiger partial charge in [-0.1, -0.05) is 31.0 Å². The molecule has 0 aliphatic heterocycles. The molecule has 1 aromatic carbocycles. The van der Waals surface area contributed by atoms with Crippen LogP contribution in [0.5, 0.6) is 0 Å². The molecule has 0 bridgehead atoms. The third-order valence-electron chi connectivity index (χ3n) is 3.68. The highest BCUT2D eigenvalue weighted by Crippen LogP contribution is 2.28. The smallest absolute Gasteiger partial charge is 0.0545 e. The Morgan fingerprint density at radius 1 is 1.29 bits per heavy atom. The molecule has 3 heteroatoms. The summed E-state index contributed by atoms with van der Waals surface area (Å²) in [5, 5.41) is 3.35. The van der Waals surface area contributed by atoms with Crippen LogP contribution in [0.2, 0.25) is 0 Å². The lowest BCUT2D eigenvalue weighted by Gasteiger charge is -2.22. The summed E-state index contributed by atoms with van der Waals surface area (Å²) in [7, 11) is 1.12. The Morgan fingerprint density at radius 3 is 2.53 bits per heavy atom. The Kier molecular flexibility index (Phi) is 4.75. The van der Waals surface area contributed by atoms with E-state index in [9.17, 15) is 4.21 Å². The van der Waals surface area contributed by atoms with Crippen molar-refractivity contribution in [2.45, 2.75) is 36.6 Å². The van der Waals surface area contributed by atoms with Gasteiger partial charge in [0.15, 0.2) is 0 Å². The van der Waals surface area contributed by atoms with E-state index in [-0.39, 0.29) is 0 Å². The van der Waals surface area contributed by atoms with E-state index in [1.54, 1.807) is 0 Å². The first-order valence-electron chi connectivity index (χ1n) is 6.42. The molecule has 2 unspecified atom stereocenters. The van der Waals surface area contributed by atoms with Crippen molar-refractivity contribution in [1.29, 1.82) is 0 Å². The minimum absolute atomic E-state index is 0.401. The van der Waals surface area contributed by atoms with Gasteiger partial charge in [-0.25, -0.2) is 0 Å². The fourth-order valence-corrected chi connectivity index (χ4v) is 4.06. The molecule has 0 radical (unpaired) electrons. The maximum Gasteiger partial charge on any atom is 0.0545 e. The van der Waals surface area contributed by atoms with Gasteiger partial charge in [-0.2, -0.15) is 0 Å². The molecular formula is C14H21NOS. The second-order valence-corrected chi connectivity index (χ2v) is 6.26. The van der Waals surface area contributed by atoms with Crippen molar-refractivity contribution in [3.63, 3.8) is 0 Å². The predicted octanol–water partition coefficient (Wildman–Crippen LogP) is 2.57. The fraction of sp³-hybridized carbons (Fsp3) is 0.571. The molecule has 94 valence electrons. The Hall–Kier alpha value is -0.670. The van der Waals surface area contributed by atoms with Crippen molar-refractivity contribution < 1.29 is 4.21 Å². The van der Waals surface area contributed by atoms with Gasteiger partial charge in [-0.3, -0.25) is 4.21 Å². The van der Waals surface area contributed by atoms with Gasteiger partial charge in [0.2, 0.25) is 0 Å². The SMILES string of the molecule is CNC(CS(=O)c1ccccc1)C1CCCC1. The van der Waals surface area contributed by atoms with Crippen molar-refractivity contribution >= 4 is 10.8 Å². The molecule has 17 heavy (non-hydrogen) atoms. The molecule has 0 amide bonds. The summed E-state index contributed by atoms with van der Waals surface area (Å²) in [5.74, 6) is 1.46. The Labute approximate surface area is 106 Å². The Balaban J connectivity index is 1.96. The van der Waals surface area contributed by atoms with Gasteiger partial charge in [0.25, 0.3) is 0 Å². The van der Waals surface area contributed by atoms with Crippen LogP contribution in [-0.4, -0.2) is 23.1 Å². The number of rotatable bonds is 5. The van der Waals surface area contributed by atoms with Crippen LogP contribution < -0.4 is 5.32 Å². The molecular weight excluding hydrogens is 230 g/mol. The van der Waals surface area contributed by atoms with Gasteiger partial charge in [-0.05, 0) is 37.9 Å². The topological polar surface area (TPSA) is 29.1 Å². The van der Waals surface area contributed by atoms with E-state index in [0.29, 0.717) is 12.0 Å². The van der Waals surface area contributed by atoms with Crippen LogP contribution in [0.3, 0.4) is 0 Å². The number of hydrogen-bond donors (Lipinski definition) is 1. The summed E-state index contributed by atoms with van der Waals surface area (Å²) in [6.07, 6.45) is 5.25. The normalized spacial score (nSPS) is 20.3. The average molecular weight is 251 g/mol. The van der Waals surface area contributed by atoms with Crippen LogP contribution in [-0.2, 0) is 10.8 Å². The molecule has 1 aliphatic carbocycles. The molecule has 1 saturated carbocycles. The summed E-state index contributed by atoms with van der Waals surface area (Å²) in [4.78, 5) is 0.950. The molecule has 1 aromatic rings. The highest BCUT2D eigenvalue weighted by molar-refractivity contribution is 7.85. The molecule has 0 saturated heterocycles. The first-order chi connectivity index (χ1) is 8.31. The zero-order chi connectivity index (χ0) is 12.1. The van der Waals surface area contributed by atoms with E-state index in [2.05, 4.69) is 5.32 Å². The molecule has 2 atom stereocenters. The van der Waals surface area contributed by atoms with Crippen molar-refractivity contribution in [1.82, 2.24) is 5.32 Å². The summed E-state index contributed by atoms with van der Waals surface area (Å²) >= 11 is 0. The first kappa shape index (κ1) is 12.8. The standard InChI is InChI=1S/C14H21NOS/c1-15-14(12-7-5-6-8-12)11-17(16)13-9-3-2-4-10-13/h2-4,9-10,12,14-15H,5-8,11H2,1H3. The van der Waals surface area contributed by atoms with Crippen LogP contribution in [0.4, 0.5) is 0 Å². The monoisotopic (exact) mass is 251 g/mol. The van der Waals surface area contributed by atoms with E-state index in [4.69, 9.17) is 0 Å².